The molecule has 0 fully saturated rings. The summed E-state index contributed by atoms with van der Waals surface area (Å²) in [4.78, 5) is 12.6. The first-order valence-corrected chi connectivity index (χ1v) is 7.65. The van der Waals surface area contributed by atoms with Crippen molar-refractivity contribution in [1.82, 2.24) is 10.2 Å². The zero-order chi connectivity index (χ0) is 16.2. The Morgan fingerprint density at radius 2 is 1.87 bits per heavy atom. The molecule has 0 unspecified atom stereocenters. The lowest BCUT2D eigenvalue weighted by Crippen LogP contribution is -2.12. The quantitative estimate of drug-likeness (QED) is 0.748. The third-order valence-corrected chi connectivity index (χ3v) is 3.76. The molecule has 0 bridgehead atoms. The van der Waals surface area contributed by atoms with Gasteiger partial charge in [0.15, 0.2) is 0 Å². The largest absolute Gasteiger partial charge is 0.322 e. The number of nitrogens with one attached hydrogen (secondary N) is 2. The Morgan fingerprint density at radius 1 is 1.09 bits per heavy atom. The van der Waals surface area contributed by atoms with Gasteiger partial charge in [0, 0.05) is 11.3 Å². The molecule has 1 amide bonds. The zero-order valence-electron chi connectivity index (χ0n) is 13.2. The molecule has 1 aromatic heterocycles. The van der Waals surface area contributed by atoms with Crippen LogP contribution in [0.5, 0.6) is 0 Å². The van der Waals surface area contributed by atoms with Crippen LogP contribution in [0.3, 0.4) is 0 Å². The summed E-state index contributed by atoms with van der Waals surface area (Å²) < 4.78 is 0. The van der Waals surface area contributed by atoms with Crippen LogP contribution in [0.4, 0.5) is 5.69 Å². The summed E-state index contributed by atoms with van der Waals surface area (Å²) >= 11 is 0. The number of hydrogen-bond donors (Lipinski definition) is 2. The predicted octanol–water partition coefficient (Wildman–Crippen LogP) is 4.45. The van der Waals surface area contributed by atoms with Gasteiger partial charge in [0.25, 0.3) is 5.91 Å². The third kappa shape index (κ3) is 3.31. The number of hydrogen-bond acceptors (Lipinski definition) is 2. The van der Waals surface area contributed by atoms with E-state index in [1.54, 1.807) is 6.20 Å². The van der Waals surface area contributed by atoms with Gasteiger partial charge >= 0.3 is 0 Å². The SMILES string of the molecule is CC(C)c1cccc(NC(=O)c2cn[nH]c2-c2ccccc2)c1. The number of nitrogens with zero attached hydrogens (tertiary/aromatic N) is 1. The Labute approximate surface area is 135 Å². The molecule has 3 aromatic rings. The Bertz CT molecular complexity index is 806. The zero-order valence-corrected chi connectivity index (χ0v) is 13.2. The second kappa shape index (κ2) is 6.48. The number of carbonyl (C=O) groups excluding carboxylic acids is 1. The summed E-state index contributed by atoms with van der Waals surface area (Å²) in [5.41, 5.74) is 4.18. The standard InChI is InChI=1S/C19H19N3O/c1-13(2)15-9-6-10-16(11-15)21-19(23)17-12-20-22-18(17)14-7-4-3-5-8-14/h3-13H,1-2H3,(H,20,22)(H,21,23). The van der Waals surface area contributed by atoms with Crippen molar-refractivity contribution >= 4 is 11.6 Å². The molecule has 0 spiro atoms. The Hall–Kier alpha value is -2.88. The molecular formula is C19H19N3O. The van der Waals surface area contributed by atoms with E-state index in [9.17, 15) is 4.79 Å². The molecule has 0 aliphatic rings. The van der Waals surface area contributed by atoms with E-state index in [1.165, 1.54) is 5.56 Å². The van der Waals surface area contributed by atoms with E-state index in [0.29, 0.717) is 11.5 Å². The van der Waals surface area contributed by atoms with Gasteiger partial charge in [-0.05, 0) is 23.6 Å². The molecule has 23 heavy (non-hydrogen) atoms. The van der Waals surface area contributed by atoms with Crippen LogP contribution in [0, 0.1) is 0 Å². The second-order valence-electron chi connectivity index (χ2n) is 5.76. The molecular weight excluding hydrogens is 286 g/mol. The Balaban J connectivity index is 1.85. The monoisotopic (exact) mass is 305 g/mol. The smallest absolute Gasteiger partial charge is 0.259 e. The fourth-order valence-electron chi connectivity index (χ4n) is 2.46. The lowest BCUT2D eigenvalue weighted by molar-refractivity contribution is 0.102. The van der Waals surface area contributed by atoms with Gasteiger partial charge in [-0.1, -0.05) is 56.3 Å². The molecule has 0 radical (unpaired) electrons. The van der Waals surface area contributed by atoms with Crippen molar-refractivity contribution in [3.05, 3.63) is 71.9 Å². The molecule has 0 saturated carbocycles. The molecule has 2 N–H and O–H groups in total. The van der Waals surface area contributed by atoms with Crippen molar-refractivity contribution < 1.29 is 4.79 Å². The lowest BCUT2D eigenvalue weighted by Gasteiger charge is -2.09. The molecule has 4 heteroatoms. The van der Waals surface area contributed by atoms with Crippen molar-refractivity contribution in [3.63, 3.8) is 0 Å². The summed E-state index contributed by atoms with van der Waals surface area (Å²) in [5.74, 6) is 0.249. The van der Waals surface area contributed by atoms with Crippen molar-refractivity contribution in [2.75, 3.05) is 5.32 Å². The summed E-state index contributed by atoms with van der Waals surface area (Å²) in [7, 11) is 0. The minimum atomic E-state index is -0.168. The number of aromatic nitrogens is 2. The molecule has 0 aliphatic heterocycles. The van der Waals surface area contributed by atoms with Gasteiger partial charge in [-0.2, -0.15) is 5.10 Å². The number of anilines is 1. The number of H-pyrrole nitrogens is 1. The lowest BCUT2D eigenvalue weighted by atomic mass is 10.0. The molecule has 4 nitrogen and oxygen atoms in total. The van der Waals surface area contributed by atoms with E-state index in [2.05, 4.69) is 35.4 Å². The van der Waals surface area contributed by atoms with Gasteiger partial charge in [-0.15, -0.1) is 0 Å². The van der Waals surface area contributed by atoms with Crippen LogP contribution in [-0.4, -0.2) is 16.1 Å². The van der Waals surface area contributed by atoms with Crippen LogP contribution in [0.1, 0.15) is 35.7 Å². The molecule has 116 valence electrons. The minimum Gasteiger partial charge on any atom is -0.322 e. The maximum Gasteiger partial charge on any atom is 0.259 e. The van der Waals surface area contributed by atoms with Crippen LogP contribution in [0.2, 0.25) is 0 Å². The van der Waals surface area contributed by atoms with E-state index in [0.717, 1.165) is 16.9 Å². The van der Waals surface area contributed by atoms with E-state index in [1.807, 2.05) is 48.5 Å². The number of benzene rings is 2. The Morgan fingerprint density at radius 3 is 2.61 bits per heavy atom. The fourth-order valence-corrected chi connectivity index (χ4v) is 2.46. The number of carbonyl (C=O) groups is 1. The topological polar surface area (TPSA) is 57.8 Å². The fraction of sp³-hybridized carbons (Fsp3) is 0.158. The number of rotatable bonds is 4. The van der Waals surface area contributed by atoms with Gasteiger partial charge in [-0.25, -0.2) is 0 Å². The van der Waals surface area contributed by atoms with Crippen LogP contribution >= 0.6 is 0 Å². The Kier molecular flexibility index (Phi) is 4.24. The van der Waals surface area contributed by atoms with Crippen LogP contribution < -0.4 is 5.32 Å². The second-order valence-corrected chi connectivity index (χ2v) is 5.76. The number of amides is 1. The van der Waals surface area contributed by atoms with Crippen LogP contribution in [0.25, 0.3) is 11.3 Å². The summed E-state index contributed by atoms with van der Waals surface area (Å²) in [6.07, 6.45) is 1.56. The maximum atomic E-state index is 12.6. The molecule has 0 atom stereocenters. The first kappa shape index (κ1) is 15.0. The maximum absolute atomic E-state index is 12.6. The van der Waals surface area contributed by atoms with Crippen molar-refractivity contribution in [1.29, 1.82) is 0 Å². The molecule has 0 saturated heterocycles. The average Bonchev–Trinajstić information content (AvgIpc) is 3.05. The van der Waals surface area contributed by atoms with Crippen LogP contribution in [0.15, 0.2) is 60.8 Å². The van der Waals surface area contributed by atoms with E-state index < -0.39 is 0 Å². The first-order valence-electron chi connectivity index (χ1n) is 7.65. The van der Waals surface area contributed by atoms with Gasteiger partial charge in [0.2, 0.25) is 0 Å². The van der Waals surface area contributed by atoms with Gasteiger partial charge in [0.05, 0.1) is 17.5 Å². The van der Waals surface area contributed by atoms with Crippen molar-refractivity contribution in [3.8, 4) is 11.3 Å². The summed E-state index contributed by atoms with van der Waals surface area (Å²) in [5, 5.41) is 9.88. The average molecular weight is 305 g/mol. The predicted molar refractivity (Wildman–Crippen MR) is 92.5 cm³/mol. The van der Waals surface area contributed by atoms with E-state index in [-0.39, 0.29) is 5.91 Å². The summed E-state index contributed by atoms with van der Waals surface area (Å²) in [6.45, 7) is 4.26. The van der Waals surface area contributed by atoms with Crippen LogP contribution in [-0.2, 0) is 0 Å². The van der Waals surface area contributed by atoms with E-state index >= 15 is 0 Å². The molecule has 0 aliphatic carbocycles. The van der Waals surface area contributed by atoms with Gasteiger partial charge < -0.3 is 5.32 Å². The first-order chi connectivity index (χ1) is 11.1. The van der Waals surface area contributed by atoms with Crippen molar-refractivity contribution in [2.24, 2.45) is 0 Å². The molecule has 2 aromatic carbocycles. The molecule has 1 heterocycles. The number of aromatic amines is 1. The highest BCUT2D eigenvalue weighted by molar-refractivity contribution is 6.08. The van der Waals surface area contributed by atoms with Gasteiger partial charge in [-0.3, -0.25) is 9.89 Å². The highest BCUT2D eigenvalue weighted by Crippen LogP contribution is 2.23. The van der Waals surface area contributed by atoms with Gasteiger partial charge in [0.1, 0.15) is 0 Å². The highest BCUT2D eigenvalue weighted by atomic mass is 16.1. The van der Waals surface area contributed by atoms with Crippen molar-refractivity contribution in [2.45, 2.75) is 19.8 Å². The van der Waals surface area contributed by atoms with E-state index in [4.69, 9.17) is 0 Å². The normalized spacial score (nSPS) is 10.7. The third-order valence-electron chi connectivity index (χ3n) is 3.76. The summed E-state index contributed by atoms with van der Waals surface area (Å²) in [6, 6.07) is 17.6. The molecule has 3 rings (SSSR count). The highest BCUT2D eigenvalue weighted by Gasteiger charge is 2.15. The minimum absolute atomic E-state index is 0.168.